The maximum Gasteiger partial charge on any atom is 0.127 e. The van der Waals surface area contributed by atoms with Gasteiger partial charge in [-0.1, -0.05) is 37.3 Å². The number of nitrogens with one attached hydrogen (secondary N) is 1. The number of aliphatic hydroxyl groups excluding tert-OH is 1. The summed E-state index contributed by atoms with van der Waals surface area (Å²) >= 11 is 0. The van der Waals surface area contributed by atoms with E-state index in [1.54, 1.807) is 6.07 Å². The summed E-state index contributed by atoms with van der Waals surface area (Å²) < 4.78 is 13.7. The van der Waals surface area contributed by atoms with Gasteiger partial charge in [0.25, 0.3) is 0 Å². The van der Waals surface area contributed by atoms with Crippen molar-refractivity contribution in [1.29, 1.82) is 0 Å². The van der Waals surface area contributed by atoms with E-state index >= 15 is 0 Å². The highest BCUT2D eigenvalue weighted by Gasteiger charge is 2.07. The average Bonchev–Trinajstić information content (AvgIpc) is 2.46. The van der Waals surface area contributed by atoms with E-state index in [1.165, 1.54) is 6.07 Å². The van der Waals surface area contributed by atoms with Gasteiger partial charge in [-0.25, -0.2) is 4.39 Å². The molecule has 0 saturated heterocycles. The fraction of sp³-hybridized carbons (Fsp3) is 0.250. The number of rotatable bonds is 5. The molecular formula is C16H18FNO. The zero-order valence-electron chi connectivity index (χ0n) is 11.0. The van der Waals surface area contributed by atoms with Crippen molar-refractivity contribution in [3.05, 3.63) is 59.4 Å². The van der Waals surface area contributed by atoms with Crippen molar-refractivity contribution in [3.63, 3.8) is 0 Å². The second-order valence-electron chi connectivity index (χ2n) is 4.40. The fourth-order valence-electron chi connectivity index (χ4n) is 2.08. The predicted octanol–water partition coefficient (Wildman–Crippen LogP) is 3.09. The number of aliphatic hydroxyl groups is 1. The van der Waals surface area contributed by atoms with Crippen molar-refractivity contribution in [1.82, 2.24) is 5.32 Å². The van der Waals surface area contributed by atoms with E-state index in [0.29, 0.717) is 12.1 Å². The molecule has 2 nitrogen and oxygen atoms in total. The molecule has 0 fully saturated rings. The summed E-state index contributed by atoms with van der Waals surface area (Å²) in [6.07, 6.45) is 0. The standard InChI is InChI=1S/C16H18FNO/c1-2-18-10-14-9-12(7-8-16(14)17)15-6-4-3-5-13(15)11-19/h3-9,18-19H,2,10-11H2,1H3. The van der Waals surface area contributed by atoms with Gasteiger partial charge in [-0.3, -0.25) is 0 Å². The lowest BCUT2D eigenvalue weighted by Gasteiger charge is -2.10. The number of hydrogen-bond acceptors (Lipinski definition) is 2. The van der Waals surface area contributed by atoms with Crippen molar-refractivity contribution in [2.24, 2.45) is 0 Å². The highest BCUT2D eigenvalue weighted by Crippen LogP contribution is 2.25. The zero-order valence-corrected chi connectivity index (χ0v) is 11.0. The van der Waals surface area contributed by atoms with Gasteiger partial charge in [-0.15, -0.1) is 0 Å². The molecule has 19 heavy (non-hydrogen) atoms. The van der Waals surface area contributed by atoms with E-state index in [9.17, 15) is 9.50 Å². The Balaban J connectivity index is 2.39. The van der Waals surface area contributed by atoms with Crippen LogP contribution in [0.1, 0.15) is 18.1 Å². The summed E-state index contributed by atoms with van der Waals surface area (Å²) in [5, 5.41) is 12.5. The normalized spacial score (nSPS) is 10.7. The van der Waals surface area contributed by atoms with Gasteiger partial charge >= 0.3 is 0 Å². The van der Waals surface area contributed by atoms with E-state index in [4.69, 9.17) is 0 Å². The first kappa shape index (κ1) is 13.7. The zero-order chi connectivity index (χ0) is 13.7. The Hall–Kier alpha value is -1.71. The van der Waals surface area contributed by atoms with Gasteiger partial charge in [-0.05, 0) is 35.4 Å². The maximum absolute atomic E-state index is 13.7. The Morgan fingerprint density at radius 3 is 2.63 bits per heavy atom. The van der Waals surface area contributed by atoms with Gasteiger partial charge in [0.15, 0.2) is 0 Å². The number of hydrogen-bond donors (Lipinski definition) is 2. The maximum atomic E-state index is 13.7. The van der Waals surface area contributed by atoms with E-state index in [0.717, 1.165) is 23.2 Å². The largest absolute Gasteiger partial charge is 0.392 e. The molecule has 100 valence electrons. The van der Waals surface area contributed by atoms with Gasteiger partial charge in [0, 0.05) is 12.1 Å². The molecule has 0 spiro atoms. The van der Waals surface area contributed by atoms with E-state index in [-0.39, 0.29) is 12.4 Å². The Kier molecular flexibility index (Phi) is 4.66. The monoisotopic (exact) mass is 259 g/mol. The molecule has 0 aliphatic rings. The van der Waals surface area contributed by atoms with Crippen LogP contribution >= 0.6 is 0 Å². The molecule has 0 radical (unpaired) electrons. The SMILES string of the molecule is CCNCc1cc(-c2ccccc2CO)ccc1F. The first-order valence-corrected chi connectivity index (χ1v) is 6.44. The van der Waals surface area contributed by atoms with E-state index < -0.39 is 0 Å². The Bertz CT molecular complexity index is 554. The lowest BCUT2D eigenvalue weighted by atomic mass is 9.98. The third kappa shape index (κ3) is 3.19. The second-order valence-corrected chi connectivity index (χ2v) is 4.40. The third-order valence-corrected chi connectivity index (χ3v) is 3.11. The van der Waals surface area contributed by atoms with Crippen LogP contribution in [0.15, 0.2) is 42.5 Å². The lowest BCUT2D eigenvalue weighted by Crippen LogP contribution is -2.13. The molecule has 0 atom stereocenters. The van der Waals surface area contributed by atoms with Crippen molar-refractivity contribution in [2.75, 3.05) is 6.54 Å². The first-order chi connectivity index (χ1) is 9.26. The molecule has 2 aromatic carbocycles. The van der Waals surface area contributed by atoms with Gasteiger partial charge in [0.1, 0.15) is 5.82 Å². The minimum atomic E-state index is -0.203. The smallest absolute Gasteiger partial charge is 0.127 e. The van der Waals surface area contributed by atoms with Crippen LogP contribution in [0.4, 0.5) is 4.39 Å². The van der Waals surface area contributed by atoms with Crippen LogP contribution in [0.5, 0.6) is 0 Å². The van der Waals surface area contributed by atoms with Crippen molar-refractivity contribution < 1.29 is 9.50 Å². The van der Waals surface area contributed by atoms with E-state index in [2.05, 4.69) is 5.32 Å². The third-order valence-electron chi connectivity index (χ3n) is 3.11. The van der Waals surface area contributed by atoms with Crippen molar-refractivity contribution in [3.8, 4) is 11.1 Å². The summed E-state index contributed by atoms with van der Waals surface area (Å²) in [6, 6.07) is 12.7. The summed E-state index contributed by atoms with van der Waals surface area (Å²) in [4.78, 5) is 0. The Labute approximate surface area is 112 Å². The average molecular weight is 259 g/mol. The molecule has 3 heteroatoms. The second kappa shape index (κ2) is 6.45. The molecule has 0 saturated carbocycles. The molecule has 0 heterocycles. The minimum Gasteiger partial charge on any atom is -0.392 e. The van der Waals surface area contributed by atoms with Gasteiger partial charge in [0.2, 0.25) is 0 Å². The molecule has 2 rings (SSSR count). The van der Waals surface area contributed by atoms with Crippen LogP contribution < -0.4 is 5.32 Å². The molecule has 0 aliphatic carbocycles. The molecular weight excluding hydrogens is 241 g/mol. The van der Waals surface area contributed by atoms with E-state index in [1.807, 2.05) is 37.3 Å². The quantitative estimate of drug-likeness (QED) is 0.864. The van der Waals surface area contributed by atoms with Crippen LogP contribution in [0.25, 0.3) is 11.1 Å². The highest BCUT2D eigenvalue weighted by molar-refractivity contribution is 5.68. The van der Waals surface area contributed by atoms with Crippen LogP contribution in [-0.4, -0.2) is 11.7 Å². The molecule has 0 unspecified atom stereocenters. The molecule has 2 N–H and O–H groups in total. The molecule has 0 aliphatic heterocycles. The summed E-state index contributed by atoms with van der Waals surface area (Å²) in [6.45, 7) is 3.28. The van der Waals surface area contributed by atoms with Gasteiger partial charge in [0.05, 0.1) is 6.61 Å². The van der Waals surface area contributed by atoms with Crippen LogP contribution in [0.2, 0.25) is 0 Å². The lowest BCUT2D eigenvalue weighted by molar-refractivity contribution is 0.282. The molecule has 0 aromatic heterocycles. The van der Waals surface area contributed by atoms with Crippen molar-refractivity contribution >= 4 is 0 Å². The summed E-state index contributed by atoms with van der Waals surface area (Å²) in [5.74, 6) is -0.203. The number of halogens is 1. The molecule has 0 bridgehead atoms. The van der Waals surface area contributed by atoms with Crippen LogP contribution in [-0.2, 0) is 13.2 Å². The van der Waals surface area contributed by atoms with Gasteiger partial charge < -0.3 is 10.4 Å². The minimum absolute atomic E-state index is 0.0178. The van der Waals surface area contributed by atoms with Crippen LogP contribution in [0, 0.1) is 5.82 Å². The van der Waals surface area contributed by atoms with Gasteiger partial charge in [-0.2, -0.15) is 0 Å². The first-order valence-electron chi connectivity index (χ1n) is 6.44. The highest BCUT2D eigenvalue weighted by atomic mass is 19.1. The fourth-order valence-corrected chi connectivity index (χ4v) is 2.08. The number of benzene rings is 2. The Morgan fingerprint density at radius 1 is 1.11 bits per heavy atom. The topological polar surface area (TPSA) is 32.3 Å². The Morgan fingerprint density at radius 2 is 1.89 bits per heavy atom. The molecule has 0 amide bonds. The molecule has 2 aromatic rings. The van der Waals surface area contributed by atoms with Crippen LogP contribution in [0.3, 0.4) is 0 Å². The summed E-state index contributed by atoms with van der Waals surface area (Å²) in [5.41, 5.74) is 3.37. The predicted molar refractivity (Wildman–Crippen MR) is 75.1 cm³/mol. The summed E-state index contributed by atoms with van der Waals surface area (Å²) in [7, 11) is 0. The van der Waals surface area contributed by atoms with Crippen molar-refractivity contribution in [2.45, 2.75) is 20.1 Å².